The number of aliphatic carboxylic acids is 3. The van der Waals surface area contributed by atoms with Gasteiger partial charge in [-0.2, -0.15) is 0 Å². The average molecular weight is 951 g/mol. The molecule has 0 aliphatic carbocycles. The van der Waals surface area contributed by atoms with Crippen LogP contribution in [0.4, 0.5) is 0 Å². The van der Waals surface area contributed by atoms with E-state index in [9.17, 15) is 14.4 Å². The van der Waals surface area contributed by atoms with Crippen LogP contribution in [0.2, 0.25) is 0 Å². The molecule has 9 nitrogen and oxygen atoms in total. The predicted octanol–water partition coefficient (Wildman–Crippen LogP) is 16.8. The zero-order chi connectivity index (χ0) is 50.2. The van der Waals surface area contributed by atoms with Crippen LogP contribution in [0.5, 0.6) is 0 Å². The Hall–Kier alpha value is -2.49. The third-order valence-electron chi connectivity index (χ3n) is 11.6. The number of rotatable bonds is 49. The molecule has 0 unspecified atom stereocenters. The summed E-state index contributed by atoms with van der Waals surface area (Å²) in [6, 6.07) is 0. The maximum Gasteiger partial charge on any atom is 0.303 e. The molecular weight excluding hydrogens is 835 g/mol. The van der Waals surface area contributed by atoms with E-state index in [1.165, 1.54) is 212 Å². The van der Waals surface area contributed by atoms with Crippen molar-refractivity contribution in [2.45, 2.75) is 290 Å². The molecule has 0 atom stereocenters. The lowest BCUT2D eigenvalue weighted by atomic mass is 10.1. The minimum Gasteiger partial charge on any atom is -0.481 e. The monoisotopic (exact) mass is 950 g/mol. The molecule has 0 heterocycles. The lowest BCUT2D eigenvalue weighted by Crippen LogP contribution is -2.27. The molecule has 8 N–H and O–H groups in total. The Morgan fingerprint density at radius 3 is 0.672 bits per heavy atom. The molecule has 0 bridgehead atoms. The number of nitrogens with one attached hydrogen (secondary N) is 1. The fourth-order valence-electron chi connectivity index (χ4n) is 7.37. The number of hydrogen-bond acceptors (Lipinski definition) is 6. The molecule has 0 spiro atoms. The highest BCUT2D eigenvalue weighted by Gasteiger charge is 1.98. The summed E-state index contributed by atoms with van der Waals surface area (Å²) >= 11 is 0. The van der Waals surface area contributed by atoms with E-state index in [-0.39, 0.29) is 0 Å². The first-order valence-corrected chi connectivity index (χ1v) is 28.4. The van der Waals surface area contributed by atoms with Crippen LogP contribution in [-0.4, -0.2) is 59.4 Å². The highest BCUT2D eigenvalue weighted by Crippen LogP contribution is 2.13. The quantitative estimate of drug-likeness (QED) is 0.0256. The SMILES string of the molecule is CCCCCCCC/C=C\CCCCCCCC(=O)O.CCCCCCCC/C=C\CCCCCCCC(=O)O.CCCCCCCC/C=C\CCCCCCCC(=O)O.NCCNCCN. The van der Waals surface area contributed by atoms with E-state index in [0.29, 0.717) is 32.4 Å². The largest absolute Gasteiger partial charge is 0.481 e. The number of carboxylic acids is 3. The van der Waals surface area contributed by atoms with E-state index in [1.807, 2.05) is 0 Å². The molecule has 67 heavy (non-hydrogen) atoms. The van der Waals surface area contributed by atoms with Crippen molar-refractivity contribution in [1.82, 2.24) is 5.32 Å². The van der Waals surface area contributed by atoms with Crippen LogP contribution in [0.15, 0.2) is 36.5 Å². The first-order valence-electron chi connectivity index (χ1n) is 28.4. The Kier molecular flexibility index (Phi) is 74.3. The van der Waals surface area contributed by atoms with Gasteiger partial charge in [0.15, 0.2) is 0 Å². The maximum absolute atomic E-state index is 10.3. The third kappa shape index (κ3) is 87.1. The second-order valence-electron chi connectivity index (χ2n) is 18.5. The summed E-state index contributed by atoms with van der Waals surface area (Å²) in [6.45, 7) is 9.91. The molecule has 0 aromatic rings. The molecule has 398 valence electrons. The Morgan fingerprint density at radius 1 is 0.313 bits per heavy atom. The average Bonchev–Trinajstić information content (AvgIpc) is 3.31. The van der Waals surface area contributed by atoms with Gasteiger partial charge in [0.2, 0.25) is 0 Å². The van der Waals surface area contributed by atoms with Gasteiger partial charge in [-0.25, -0.2) is 0 Å². The number of carboxylic acid groups (broad SMARTS) is 3. The smallest absolute Gasteiger partial charge is 0.303 e. The van der Waals surface area contributed by atoms with Gasteiger partial charge in [0.05, 0.1) is 0 Å². The summed E-state index contributed by atoms with van der Waals surface area (Å²) in [5.41, 5.74) is 10.3. The first-order chi connectivity index (χ1) is 32.7. The number of nitrogens with two attached hydrogens (primary N) is 2. The predicted molar refractivity (Wildman–Crippen MR) is 292 cm³/mol. The number of unbranched alkanes of at least 4 members (excludes halogenated alkanes) is 33. The Morgan fingerprint density at radius 2 is 0.493 bits per heavy atom. The van der Waals surface area contributed by atoms with Gasteiger partial charge in [-0.05, 0) is 96.3 Å². The van der Waals surface area contributed by atoms with Crippen molar-refractivity contribution in [3.05, 3.63) is 36.5 Å². The number of hydrogen-bond donors (Lipinski definition) is 6. The van der Waals surface area contributed by atoms with Gasteiger partial charge < -0.3 is 32.1 Å². The summed E-state index contributed by atoms with van der Waals surface area (Å²) in [7, 11) is 0. The molecule has 0 saturated carbocycles. The molecule has 0 aromatic carbocycles. The molecule has 0 aromatic heterocycles. The zero-order valence-electron chi connectivity index (χ0n) is 44.7. The summed E-state index contributed by atoms with van der Waals surface area (Å²) in [6.07, 6.45) is 63.7. The minimum atomic E-state index is -0.664. The van der Waals surface area contributed by atoms with Crippen LogP contribution in [0.3, 0.4) is 0 Å². The van der Waals surface area contributed by atoms with Crippen molar-refractivity contribution in [2.24, 2.45) is 11.5 Å². The summed E-state index contributed by atoms with van der Waals surface area (Å²) in [5, 5.41) is 28.6. The molecule has 0 saturated heterocycles. The van der Waals surface area contributed by atoms with Gasteiger partial charge in [0, 0.05) is 45.4 Å². The van der Waals surface area contributed by atoms with Crippen LogP contribution < -0.4 is 16.8 Å². The molecule has 0 radical (unpaired) electrons. The number of allylic oxidation sites excluding steroid dienone is 6. The second kappa shape index (κ2) is 70.1. The van der Waals surface area contributed by atoms with Gasteiger partial charge >= 0.3 is 17.9 Å². The van der Waals surface area contributed by atoms with Gasteiger partial charge in [0.25, 0.3) is 0 Å². The van der Waals surface area contributed by atoms with Crippen LogP contribution in [0.1, 0.15) is 290 Å². The van der Waals surface area contributed by atoms with E-state index in [0.717, 1.165) is 51.6 Å². The summed E-state index contributed by atoms with van der Waals surface area (Å²) in [5.74, 6) is -1.99. The molecule has 9 heteroatoms. The molecule has 0 rings (SSSR count). The van der Waals surface area contributed by atoms with E-state index >= 15 is 0 Å². The van der Waals surface area contributed by atoms with Crippen molar-refractivity contribution in [3.63, 3.8) is 0 Å². The van der Waals surface area contributed by atoms with Crippen molar-refractivity contribution >= 4 is 17.9 Å². The maximum atomic E-state index is 10.3. The van der Waals surface area contributed by atoms with E-state index in [1.54, 1.807) is 0 Å². The lowest BCUT2D eigenvalue weighted by Gasteiger charge is -1.99. The van der Waals surface area contributed by atoms with Crippen molar-refractivity contribution in [1.29, 1.82) is 0 Å². The van der Waals surface area contributed by atoms with Crippen LogP contribution >= 0.6 is 0 Å². The van der Waals surface area contributed by atoms with Gasteiger partial charge in [-0.3, -0.25) is 14.4 Å². The minimum absolute atomic E-state index is 0.332. The Balaban J connectivity index is -0.000000414. The normalized spacial score (nSPS) is 11.1. The van der Waals surface area contributed by atoms with E-state index < -0.39 is 17.9 Å². The topological polar surface area (TPSA) is 176 Å². The molecule has 0 amide bonds. The fourth-order valence-corrected chi connectivity index (χ4v) is 7.37. The highest BCUT2D eigenvalue weighted by molar-refractivity contribution is 5.67. The standard InChI is InChI=1S/3C18H34O2.C4H13N3/c3*1-2-3-4-5-6-7-8-9-10-11-12-13-14-15-16-17-18(19)20;5-1-3-7-4-2-6/h3*9-10H,2-8,11-17H2,1H3,(H,19,20);7H,1-6H2/b3*10-9-;. The summed E-state index contributed by atoms with van der Waals surface area (Å²) in [4.78, 5) is 31.0. The number of carbonyl (C=O) groups is 3. The highest BCUT2D eigenvalue weighted by atomic mass is 16.4. The summed E-state index contributed by atoms with van der Waals surface area (Å²) < 4.78 is 0. The van der Waals surface area contributed by atoms with Crippen LogP contribution in [-0.2, 0) is 14.4 Å². The van der Waals surface area contributed by atoms with Gasteiger partial charge in [0.1, 0.15) is 0 Å². The van der Waals surface area contributed by atoms with Crippen molar-refractivity contribution in [3.8, 4) is 0 Å². The van der Waals surface area contributed by atoms with Crippen molar-refractivity contribution < 1.29 is 29.7 Å². The molecular formula is C58H115N3O6. The lowest BCUT2D eigenvalue weighted by molar-refractivity contribution is -0.138. The fraction of sp³-hybridized carbons (Fsp3) is 0.845. The van der Waals surface area contributed by atoms with Crippen molar-refractivity contribution in [2.75, 3.05) is 26.2 Å². The van der Waals surface area contributed by atoms with Crippen LogP contribution in [0, 0.1) is 0 Å². The molecule has 0 aliphatic heterocycles. The Labute approximate surface area is 416 Å². The molecule has 0 aliphatic rings. The van der Waals surface area contributed by atoms with Gasteiger partial charge in [-0.15, -0.1) is 0 Å². The van der Waals surface area contributed by atoms with E-state index in [4.69, 9.17) is 26.8 Å². The Bertz CT molecular complexity index is 911. The zero-order valence-corrected chi connectivity index (χ0v) is 44.7. The molecule has 0 fully saturated rings. The van der Waals surface area contributed by atoms with Crippen LogP contribution in [0.25, 0.3) is 0 Å². The second-order valence-corrected chi connectivity index (χ2v) is 18.5. The van der Waals surface area contributed by atoms with E-state index in [2.05, 4.69) is 62.5 Å². The van der Waals surface area contributed by atoms with Gasteiger partial charge in [-0.1, -0.05) is 211 Å². The third-order valence-corrected chi connectivity index (χ3v) is 11.6. The first kappa shape index (κ1) is 71.1.